The van der Waals surface area contributed by atoms with Gasteiger partial charge < -0.3 is 9.67 Å². The maximum Gasteiger partial charge on any atom is 0.140 e. The first-order valence-electron chi connectivity index (χ1n) is 13.8. The van der Waals surface area contributed by atoms with Gasteiger partial charge in [0.1, 0.15) is 11.6 Å². The number of hydrogen-bond donors (Lipinski definition) is 1. The fraction of sp³-hybridized carbons (Fsp3) is 0.167. The Hall–Kier alpha value is -4.01. The molecule has 4 aromatic carbocycles. The van der Waals surface area contributed by atoms with Gasteiger partial charge in [-0.3, -0.25) is 9.97 Å². The van der Waals surface area contributed by atoms with Crippen molar-refractivity contribution in [3.8, 4) is 45.3 Å². The van der Waals surface area contributed by atoms with Crippen molar-refractivity contribution in [3.05, 3.63) is 120 Å². The van der Waals surface area contributed by atoms with Crippen LogP contribution in [0.5, 0.6) is 5.75 Å². The summed E-state index contributed by atoms with van der Waals surface area (Å²) in [6.07, 6.45) is 2.08. The van der Waals surface area contributed by atoms with E-state index in [0.29, 0.717) is 23.2 Å². The van der Waals surface area contributed by atoms with Crippen molar-refractivity contribution in [3.63, 3.8) is 0 Å². The summed E-state index contributed by atoms with van der Waals surface area (Å²) in [6.45, 7) is 8.87. The van der Waals surface area contributed by atoms with Crippen molar-refractivity contribution in [2.45, 2.75) is 39.5 Å². The van der Waals surface area contributed by atoms with Crippen LogP contribution in [0.2, 0.25) is 0 Å². The van der Waals surface area contributed by atoms with Gasteiger partial charge in [0, 0.05) is 38.6 Å². The van der Waals surface area contributed by atoms with Crippen LogP contribution in [-0.2, 0) is 21.1 Å². The SMILES string of the molecule is CC(C)c1cccc(C(C)C)c1-n1cc(-c2[c-]c(-c3ccc4ccccc4n3)ccc2)nc1-c1ccccc1O.[Pt]. The molecule has 0 saturated heterocycles. The van der Waals surface area contributed by atoms with E-state index >= 15 is 0 Å². The van der Waals surface area contributed by atoms with Crippen LogP contribution in [0.3, 0.4) is 0 Å². The van der Waals surface area contributed by atoms with Crippen LogP contribution < -0.4 is 0 Å². The van der Waals surface area contributed by atoms with E-state index in [4.69, 9.17) is 9.97 Å². The van der Waals surface area contributed by atoms with Crippen LogP contribution in [0.1, 0.15) is 50.7 Å². The van der Waals surface area contributed by atoms with Gasteiger partial charge >= 0.3 is 0 Å². The Bertz CT molecular complexity index is 1810. The number of phenolic OH excluding ortho intramolecular Hbond substituents is 1. The van der Waals surface area contributed by atoms with E-state index in [1.165, 1.54) is 11.1 Å². The van der Waals surface area contributed by atoms with E-state index in [0.717, 1.165) is 39.1 Å². The van der Waals surface area contributed by atoms with Crippen molar-refractivity contribution in [1.29, 1.82) is 0 Å². The predicted molar refractivity (Wildman–Crippen MR) is 164 cm³/mol. The number of benzene rings is 4. The summed E-state index contributed by atoms with van der Waals surface area (Å²) in [5.74, 6) is 1.52. The quantitative estimate of drug-likeness (QED) is 0.175. The van der Waals surface area contributed by atoms with Gasteiger partial charge in [-0.15, -0.1) is 24.3 Å². The summed E-state index contributed by atoms with van der Waals surface area (Å²) in [5, 5.41) is 12.0. The van der Waals surface area contributed by atoms with E-state index in [1.807, 2.05) is 60.7 Å². The van der Waals surface area contributed by atoms with Gasteiger partial charge in [-0.25, -0.2) is 0 Å². The molecular formula is C36H32N3OPt-. The number of aromatic nitrogens is 3. The van der Waals surface area contributed by atoms with Crippen molar-refractivity contribution >= 4 is 10.9 Å². The Morgan fingerprint density at radius 2 is 1.29 bits per heavy atom. The molecule has 41 heavy (non-hydrogen) atoms. The van der Waals surface area contributed by atoms with Crippen molar-refractivity contribution in [2.75, 3.05) is 0 Å². The topological polar surface area (TPSA) is 50.9 Å². The van der Waals surface area contributed by atoms with Gasteiger partial charge in [-0.05, 0) is 46.5 Å². The third kappa shape index (κ3) is 5.49. The molecule has 2 aromatic heterocycles. The summed E-state index contributed by atoms with van der Waals surface area (Å²) in [6, 6.07) is 35.9. The summed E-state index contributed by atoms with van der Waals surface area (Å²) >= 11 is 0. The summed E-state index contributed by atoms with van der Waals surface area (Å²) < 4.78 is 2.16. The number of para-hydroxylation sites is 3. The van der Waals surface area contributed by atoms with Crippen LogP contribution in [0.15, 0.2) is 103 Å². The molecule has 5 heteroatoms. The molecule has 6 aromatic rings. The molecule has 0 atom stereocenters. The van der Waals surface area contributed by atoms with Crippen LogP contribution in [0.25, 0.3) is 50.5 Å². The average Bonchev–Trinajstić information content (AvgIpc) is 3.41. The van der Waals surface area contributed by atoms with Crippen LogP contribution in [0.4, 0.5) is 0 Å². The summed E-state index contributed by atoms with van der Waals surface area (Å²) in [4.78, 5) is 10.0. The van der Waals surface area contributed by atoms with Crippen molar-refractivity contribution in [2.24, 2.45) is 0 Å². The number of pyridine rings is 1. The van der Waals surface area contributed by atoms with Gasteiger partial charge in [0.05, 0.1) is 16.8 Å². The molecule has 0 fully saturated rings. The Morgan fingerprint density at radius 3 is 2.00 bits per heavy atom. The molecular weight excluding hydrogens is 685 g/mol. The maximum absolute atomic E-state index is 10.9. The summed E-state index contributed by atoms with van der Waals surface area (Å²) in [5.41, 5.74) is 8.68. The second kappa shape index (κ2) is 11.8. The normalized spacial score (nSPS) is 11.3. The summed E-state index contributed by atoms with van der Waals surface area (Å²) in [7, 11) is 0. The molecule has 0 aliphatic carbocycles. The Labute approximate surface area is 256 Å². The largest absolute Gasteiger partial charge is 0.507 e. The first-order chi connectivity index (χ1) is 19.4. The first kappa shape index (κ1) is 28.5. The van der Waals surface area contributed by atoms with Gasteiger partial charge in [-0.2, -0.15) is 0 Å². The third-order valence-electron chi connectivity index (χ3n) is 7.38. The molecule has 208 valence electrons. The maximum atomic E-state index is 10.9. The fourth-order valence-electron chi connectivity index (χ4n) is 5.31. The standard InChI is InChI=1S/C36H32N3O.Pt/c1-23(2)28-15-10-16-29(24(3)4)35(28)39-22-33(38-36(39)30-14-6-8-18-34(30)40)27-13-9-12-26(21-27)32-20-19-25-11-5-7-17-31(25)37-32;/h5-20,22-24,40H,1-4H3;/q-1;. The minimum atomic E-state index is 0. The van der Waals surface area contributed by atoms with Crippen LogP contribution in [-0.4, -0.2) is 19.6 Å². The molecule has 0 spiro atoms. The third-order valence-corrected chi connectivity index (χ3v) is 7.38. The van der Waals surface area contributed by atoms with Gasteiger partial charge in [0.15, 0.2) is 0 Å². The number of rotatable bonds is 6. The van der Waals surface area contributed by atoms with Crippen LogP contribution >= 0.6 is 0 Å². The Morgan fingerprint density at radius 1 is 0.659 bits per heavy atom. The van der Waals surface area contributed by atoms with Gasteiger partial charge in [-0.1, -0.05) is 99.5 Å². The molecule has 0 radical (unpaired) electrons. The molecule has 2 heterocycles. The van der Waals surface area contributed by atoms with E-state index in [1.54, 1.807) is 6.07 Å². The minimum absolute atomic E-state index is 0. The second-order valence-electron chi connectivity index (χ2n) is 10.8. The molecule has 0 saturated carbocycles. The number of aromatic hydroxyl groups is 1. The Balaban J connectivity index is 0.00000337. The smallest absolute Gasteiger partial charge is 0.140 e. The first-order valence-corrected chi connectivity index (χ1v) is 13.8. The number of fused-ring (bicyclic) bond motifs is 1. The number of imidazole rings is 1. The molecule has 0 amide bonds. The monoisotopic (exact) mass is 717 g/mol. The zero-order valence-corrected chi connectivity index (χ0v) is 25.8. The van der Waals surface area contributed by atoms with Gasteiger partial charge in [0.25, 0.3) is 0 Å². The zero-order valence-electron chi connectivity index (χ0n) is 23.6. The van der Waals surface area contributed by atoms with E-state index in [-0.39, 0.29) is 26.8 Å². The molecule has 0 unspecified atom stereocenters. The average molecular weight is 718 g/mol. The molecule has 6 rings (SSSR count). The van der Waals surface area contributed by atoms with E-state index < -0.39 is 0 Å². The molecule has 4 nitrogen and oxygen atoms in total. The van der Waals surface area contributed by atoms with Crippen molar-refractivity contribution < 1.29 is 26.2 Å². The Kier molecular flexibility index (Phi) is 8.24. The zero-order chi connectivity index (χ0) is 27.8. The molecule has 0 aliphatic rings. The molecule has 0 aliphatic heterocycles. The molecule has 0 bridgehead atoms. The fourth-order valence-corrected chi connectivity index (χ4v) is 5.31. The van der Waals surface area contributed by atoms with Crippen molar-refractivity contribution in [1.82, 2.24) is 14.5 Å². The second-order valence-corrected chi connectivity index (χ2v) is 10.8. The number of nitrogens with zero attached hydrogens (tertiary/aromatic N) is 3. The van der Waals surface area contributed by atoms with Crippen LogP contribution in [0, 0.1) is 6.07 Å². The van der Waals surface area contributed by atoms with E-state index in [2.05, 4.69) is 74.9 Å². The minimum Gasteiger partial charge on any atom is -0.507 e. The van der Waals surface area contributed by atoms with E-state index in [9.17, 15) is 5.11 Å². The number of hydrogen-bond acceptors (Lipinski definition) is 3. The van der Waals surface area contributed by atoms with Gasteiger partial charge in [0.2, 0.25) is 0 Å². The predicted octanol–water partition coefficient (Wildman–Crippen LogP) is 9.17. The molecule has 1 N–H and O–H groups in total. The number of phenols is 1.